The number of hydrogen-bond donors (Lipinski definition) is 0. The summed E-state index contributed by atoms with van der Waals surface area (Å²) in [4.78, 5) is 40.7. The molecule has 88 valence electrons. The van der Waals surface area contributed by atoms with Crippen LogP contribution in [-0.2, 0) is 9.59 Å². The predicted octanol–water partition coefficient (Wildman–Crippen LogP) is 0.526. The Hall–Kier alpha value is -2.85. The summed E-state index contributed by atoms with van der Waals surface area (Å²) in [5, 5.41) is 0. The summed E-state index contributed by atoms with van der Waals surface area (Å²) in [7, 11) is 0. The number of aliphatic imine (C=N–C) groups is 1. The molecule has 0 spiro atoms. The SMILES string of the molecule is O=C=CC=N/C=C1\C(=O)Oc2ccncc2C1=O. The quantitative estimate of drug-likeness (QED) is 0.248. The van der Waals surface area contributed by atoms with Crippen LogP contribution in [0.2, 0.25) is 0 Å². The van der Waals surface area contributed by atoms with Gasteiger partial charge in [-0.15, -0.1) is 0 Å². The van der Waals surface area contributed by atoms with E-state index in [1.807, 2.05) is 0 Å². The second-order valence-electron chi connectivity index (χ2n) is 3.22. The van der Waals surface area contributed by atoms with Crippen LogP contribution in [0.5, 0.6) is 5.75 Å². The Bertz CT molecular complexity index is 625. The highest BCUT2D eigenvalue weighted by atomic mass is 16.5. The normalized spacial score (nSPS) is 16.3. The lowest BCUT2D eigenvalue weighted by atomic mass is 10.0. The van der Waals surface area contributed by atoms with Gasteiger partial charge in [-0.2, -0.15) is 0 Å². The Morgan fingerprint density at radius 2 is 2.22 bits per heavy atom. The van der Waals surface area contributed by atoms with Crippen LogP contribution in [0.3, 0.4) is 0 Å². The van der Waals surface area contributed by atoms with E-state index in [2.05, 4.69) is 9.98 Å². The molecule has 1 aliphatic heterocycles. The number of aromatic nitrogens is 1. The smallest absolute Gasteiger partial charge is 0.349 e. The monoisotopic (exact) mass is 242 g/mol. The van der Waals surface area contributed by atoms with Gasteiger partial charge in [0.2, 0.25) is 5.78 Å². The maximum absolute atomic E-state index is 11.9. The lowest BCUT2D eigenvalue weighted by Gasteiger charge is -2.14. The van der Waals surface area contributed by atoms with Crippen LogP contribution in [0.1, 0.15) is 10.4 Å². The van der Waals surface area contributed by atoms with Gasteiger partial charge in [0.15, 0.2) is 0 Å². The van der Waals surface area contributed by atoms with Crippen molar-refractivity contribution in [1.82, 2.24) is 4.98 Å². The number of pyridine rings is 1. The van der Waals surface area contributed by atoms with E-state index < -0.39 is 11.8 Å². The molecule has 0 N–H and O–H groups in total. The molecule has 0 radical (unpaired) electrons. The molecule has 0 aliphatic carbocycles. The van der Waals surface area contributed by atoms with Crippen LogP contribution in [0.25, 0.3) is 0 Å². The standard InChI is InChI=1S/C12H6N2O4/c15-5-1-3-13-7-9-11(16)8-6-14-4-2-10(8)18-12(9)17/h1-4,6-7H/b9-7-,13-3?. The zero-order chi connectivity index (χ0) is 13.0. The van der Waals surface area contributed by atoms with Gasteiger partial charge in [0.1, 0.15) is 17.3 Å². The van der Waals surface area contributed by atoms with Crippen molar-refractivity contribution in [2.75, 3.05) is 0 Å². The molecule has 0 saturated carbocycles. The van der Waals surface area contributed by atoms with E-state index >= 15 is 0 Å². The number of ether oxygens (including phenoxy) is 1. The first kappa shape index (κ1) is 11.6. The average Bonchev–Trinajstić information content (AvgIpc) is 2.38. The second-order valence-corrected chi connectivity index (χ2v) is 3.22. The van der Waals surface area contributed by atoms with Crippen LogP contribution in [-0.4, -0.2) is 28.9 Å². The van der Waals surface area contributed by atoms with Crippen molar-refractivity contribution in [3.63, 3.8) is 0 Å². The fraction of sp³-hybridized carbons (Fsp3) is 0. The van der Waals surface area contributed by atoms with Gasteiger partial charge in [0.05, 0.1) is 5.56 Å². The summed E-state index contributed by atoms with van der Waals surface area (Å²) >= 11 is 0. The number of esters is 1. The van der Waals surface area contributed by atoms with Gasteiger partial charge in [-0.3, -0.25) is 14.8 Å². The first-order chi connectivity index (χ1) is 8.74. The van der Waals surface area contributed by atoms with Gasteiger partial charge in [-0.05, 0) is 0 Å². The van der Waals surface area contributed by atoms with Crippen molar-refractivity contribution in [2.24, 2.45) is 4.99 Å². The van der Waals surface area contributed by atoms with E-state index in [1.165, 1.54) is 24.4 Å². The van der Waals surface area contributed by atoms with Crippen molar-refractivity contribution in [3.8, 4) is 5.75 Å². The highest BCUT2D eigenvalue weighted by Crippen LogP contribution is 2.26. The van der Waals surface area contributed by atoms with E-state index in [4.69, 9.17) is 4.74 Å². The van der Waals surface area contributed by atoms with Crippen molar-refractivity contribution in [2.45, 2.75) is 0 Å². The first-order valence-electron chi connectivity index (χ1n) is 4.87. The van der Waals surface area contributed by atoms with Gasteiger partial charge in [-0.25, -0.2) is 9.59 Å². The predicted molar refractivity (Wildman–Crippen MR) is 61.0 cm³/mol. The van der Waals surface area contributed by atoms with Gasteiger partial charge in [-0.1, -0.05) is 0 Å². The molecule has 1 aromatic rings. The van der Waals surface area contributed by atoms with Crippen molar-refractivity contribution in [1.29, 1.82) is 0 Å². The van der Waals surface area contributed by atoms with Crippen LogP contribution in [0.4, 0.5) is 0 Å². The fourth-order valence-electron chi connectivity index (χ4n) is 1.34. The maximum Gasteiger partial charge on any atom is 0.349 e. The van der Waals surface area contributed by atoms with Crippen molar-refractivity contribution >= 4 is 23.9 Å². The van der Waals surface area contributed by atoms with Gasteiger partial charge >= 0.3 is 5.97 Å². The number of ketones is 1. The molecule has 0 fully saturated rings. The summed E-state index contributed by atoms with van der Waals surface area (Å²) in [6.45, 7) is 0. The summed E-state index contributed by atoms with van der Waals surface area (Å²) < 4.78 is 4.94. The third-order valence-electron chi connectivity index (χ3n) is 2.13. The summed E-state index contributed by atoms with van der Waals surface area (Å²) in [5.41, 5.74) is -0.0180. The molecule has 0 saturated heterocycles. The lowest BCUT2D eigenvalue weighted by Crippen LogP contribution is -2.25. The number of rotatable bonds is 2. The molecule has 0 aromatic carbocycles. The molecule has 2 rings (SSSR count). The summed E-state index contributed by atoms with van der Waals surface area (Å²) in [6, 6.07) is 1.43. The minimum Gasteiger partial charge on any atom is -0.422 e. The number of Topliss-reactive ketones (excluding diaryl/α,β-unsaturated/α-hetero) is 1. The Labute approximate surface area is 101 Å². The topological polar surface area (TPSA) is 85.7 Å². The van der Waals surface area contributed by atoms with Crippen molar-refractivity contribution in [3.05, 3.63) is 41.9 Å². The molecule has 0 unspecified atom stereocenters. The largest absolute Gasteiger partial charge is 0.422 e. The highest BCUT2D eigenvalue weighted by Gasteiger charge is 2.30. The molecule has 6 nitrogen and oxygen atoms in total. The van der Waals surface area contributed by atoms with Crippen molar-refractivity contribution < 1.29 is 19.1 Å². The number of fused-ring (bicyclic) bond motifs is 1. The molecule has 0 atom stereocenters. The molecule has 1 aromatic heterocycles. The molecule has 18 heavy (non-hydrogen) atoms. The minimum atomic E-state index is -0.786. The molecule has 0 amide bonds. The Morgan fingerprint density at radius 1 is 1.39 bits per heavy atom. The first-order valence-corrected chi connectivity index (χ1v) is 4.87. The van der Waals surface area contributed by atoms with Gasteiger partial charge in [0, 0.05) is 37.0 Å². The van der Waals surface area contributed by atoms with E-state index in [9.17, 15) is 14.4 Å². The molecule has 2 heterocycles. The minimum absolute atomic E-state index is 0.175. The number of nitrogens with zero attached hydrogens (tertiary/aromatic N) is 2. The van der Waals surface area contributed by atoms with E-state index in [0.717, 1.165) is 18.5 Å². The third-order valence-corrected chi connectivity index (χ3v) is 2.13. The number of carbonyl (C=O) groups is 2. The molecule has 1 aliphatic rings. The maximum atomic E-state index is 11.9. The Morgan fingerprint density at radius 3 is 3.00 bits per heavy atom. The van der Waals surface area contributed by atoms with Gasteiger partial charge in [0.25, 0.3) is 0 Å². The number of carbonyl (C=O) groups excluding carboxylic acids is 3. The molecular weight excluding hydrogens is 236 g/mol. The Balaban J connectivity index is 2.38. The molecule has 6 heteroatoms. The highest BCUT2D eigenvalue weighted by molar-refractivity contribution is 6.27. The average molecular weight is 242 g/mol. The van der Waals surface area contributed by atoms with E-state index in [-0.39, 0.29) is 16.9 Å². The van der Waals surface area contributed by atoms with Gasteiger partial charge < -0.3 is 4.74 Å². The van der Waals surface area contributed by atoms with Crippen LogP contribution >= 0.6 is 0 Å². The summed E-state index contributed by atoms with van der Waals surface area (Å²) in [6.07, 6.45) is 5.88. The van der Waals surface area contributed by atoms with Crippen LogP contribution in [0, 0.1) is 0 Å². The van der Waals surface area contributed by atoms with Crippen LogP contribution < -0.4 is 4.74 Å². The Kier molecular flexibility index (Phi) is 3.22. The molecular formula is C12H6N2O4. The zero-order valence-electron chi connectivity index (χ0n) is 8.99. The number of hydrogen-bond acceptors (Lipinski definition) is 6. The summed E-state index contributed by atoms with van der Waals surface area (Å²) in [5.74, 6) is 0.355. The van der Waals surface area contributed by atoms with E-state index in [0.29, 0.717) is 0 Å². The fourth-order valence-corrected chi connectivity index (χ4v) is 1.34. The third kappa shape index (κ3) is 2.14. The number of allylic oxidation sites excluding steroid dienone is 1. The zero-order valence-corrected chi connectivity index (χ0v) is 8.99. The van der Waals surface area contributed by atoms with E-state index in [1.54, 1.807) is 0 Å². The molecule has 0 bridgehead atoms. The van der Waals surface area contributed by atoms with Crippen LogP contribution in [0.15, 0.2) is 41.3 Å². The second kappa shape index (κ2) is 4.99. The lowest BCUT2D eigenvalue weighted by molar-refractivity contribution is -0.130.